The van der Waals surface area contributed by atoms with E-state index in [0.29, 0.717) is 17.2 Å². The Morgan fingerprint density at radius 2 is 2.04 bits per heavy atom. The summed E-state index contributed by atoms with van der Waals surface area (Å²) in [5, 5.41) is 5.86. The maximum absolute atomic E-state index is 5.97. The van der Waals surface area contributed by atoms with E-state index in [4.69, 9.17) is 21.1 Å². The molecular formula is C21H21ClN4O2. The molecule has 0 aliphatic carbocycles. The molecule has 28 heavy (non-hydrogen) atoms. The Morgan fingerprint density at radius 1 is 1.14 bits per heavy atom. The first-order valence-electron chi connectivity index (χ1n) is 9.40. The van der Waals surface area contributed by atoms with Gasteiger partial charge in [-0.1, -0.05) is 11.6 Å². The van der Waals surface area contributed by atoms with Crippen LogP contribution in [-0.2, 0) is 4.74 Å². The Kier molecular flexibility index (Phi) is 4.55. The number of fused-ring (bicyclic) bond motifs is 1. The number of hydrogen-bond donors (Lipinski definition) is 1. The number of nitrogens with zero attached hydrogens (tertiary/aromatic N) is 3. The molecule has 3 aromatic rings. The minimum Gasteiger partial charge on any atom is -0.492 e. The monoisotopic (exact) mass is 396 g/mol. The zero-order chi connectivity index (χ0) is 19.0. The Morgan fingerprint density at radius 3 is 2.79 bits per heavy atom. The third-order valence-corrected chi connectivity index (χ3v) is 5.56. The summed E-state index contributed by atoms with van der Waals surface area (Å²) in [6, 6.07) is 11.7. The molecule has 2 aromatic heterocycles. The molecule has 2 aliphatic heterocycles. The molecule has 0 amide bonds. The number of anilines is 2. The summed E-state index contributed by atoms with van der Waals surface area (Å²) < 4.78 is 11.3. The van der Waals surface area contributed by atoms with Crippen molar-refractivity contribution in [2.24, 2.45) is 5.41 Å². The Hall–Kier alpha value is -2.41. The van der Waals surface area contributed by atoms with Gasteiger partial charge in [-0.25, -0.2) is 9.97 Å². The predicted molar refractivity (Wildman–Crippen MR) is 109 cm³/mol. The number of halogens is 1. The molecule has 2 fully saturated rings. The van der Waals surface area contributed by atoms with Gasteiger partial charge < -0.3 is 14.8 Å². The average Bonchev–Trinajstić information content (AvgIpc) is 2.64. The lowest BCUT2D eigenvalue weighted by Crippen LogP contribution is -2.66. The highest BCUT2D eigenvalue weighted by Crippen LogP contribution is 2.37. The van der Waals surface area contributed by atoms with Crippen LogP contribution in [0.2, 0.25) is 5.15 Å². The predicted octanol–water partition coefficient (Wildman–Crippen LogP) is 3.74. The fraction of sp³-hybridized carbons (Fsp3) is 0.333. The molecule has 144 valence electrons. The number of hydrogen-bond acceptors (Lipinski definition) is 6. The summed E-state index contributed by atoms with van der Waals surface area (Å²) in [4.78, 5) is 11.0. The van der Waals surface area contributed by atoms with Gasteiger partial charge in [-0.15, -0.1) is 0 Å². The lowest BCUT2D eigenvalue weighted by Gasteiger charge is -2.55. The molecule has 0 saturated carbocycles. The Bertz CT molecular complexity index is 983. The highest BCUT2D eigenvalue weighted by molar-refractivity contribution is 6.29. The van der Waals surface area contributed by atoms with Gasteiger partial charge in [-0.2, -0.15) is 0 Å². The molecule has 0 atom stereocenters. The second kappa shape index (κ2) is 7.20. The molecule has 0 bridgehead atoms. The van der Waals surface area contributed by atoms with E-state index in [-0.39, 0.29) is 0 Å². The molecule has 2 saturated heterocycles. The van der Waals surface area contributed by atoms with E-state index in [2.05, 4.69) is 26.3 Å². The second-order valence-electron chi connectivity index (χ2n) is 7.59. The summed E-state index contributed by atoms with van der Waals surface area (Å²) in [7, 11) is 0. The van der Waals surface area contributed by atoms with E-state index in [0.717, 1.165) is 60.9 Å². The fourth-order valence-corrected chi connectivity index (χ4v) is 3.97. The third-order valence-electron chi connectivity index (χ3n) is 5.34. The minimum absolute atomic E-state index is 0.457. The maximum Gasteiger partial charge on any atom is 0.138 e. The standard InChI is InChI=1S/C21H21ClN4O2/c22-19-4-1-16(10-24-19)25-20-18-3-2-17(9-15(18)5-6-23-20)28-8-7-26-11-21(12-26)13-27-14-21/h1-6,9-10H,7-8,11-14H2,(H,23,25). The summed E-state index contributed by atoms with van der Waals surface area (Å²) in [6.45, 7) is 5.75. The van der Waals surface area contributed by atoms with Crippen LogP contribution in [0.3, 0.4) is 0 Å². The zero-order valence-electron chi connectivity index (χ0n) is 15.4. The van der Waals surface area contributed by atoms with Crippen LogP contribution in [-0.4, -0.2) is 54.3 Å². The van der Waals surface area contributed by atoms with Crippen molar-refractivity contribution >= 4 is 33.9 Å². The van der Waals surface area contributed by atoms with Crippen LogP contribution in [0, 0.1) is 5.41 Å². The minimum atomic E-state index is 0.457. The third kappa shape index (κ3) is 3.51. The Balaban J connectivity index is 1.22. The number of aromatic nitrogens is 2. The first-order valence-corrected chi connectivity index (χ1v) is 9.77. The van der Waals surface area contributed by atoms with E-state index < -0.39 is 0 Å². The van der Waals surface area contributed by atoms with Crippen LogP contribution in [0.15, 0.2) is 48.8 Å². The average molecular weight is 397 g/mol. The number of ether oxygens (including phenoxy) is 2. The van der Waals surface area contributed by atoms with Crippen LogP contribution in [0.4, 0.5) is 11.5 Å². The van der Waals surface area contributed by atoms with Crippen molar-refractivity contribution in [1.29, 1.82) is 0 Å². The summed E-state index contributed by atoms with van der Waals surface area (Å²) in [5.41, 5.74) is 1.30. The largest absolute Gasteiger partial charge is 0.492 e. The highest BCUT2D eigenvalue weighted by Gasteiger charge is 2.48. The van der Waals surface area contributed by atoms with E-state index in [1.54, 1.807) is 18.5 Å². The fourth-order valence-electron chi connectivity index (χ4n) is 3.86. The van der Waals surface area contributed by atoms with Gasteiger partial charge in [0.15, 0.2) is 0 Å². The smallest absolute Gasteiger partial charge is 0.138 e. The van der Waals surface area contributed by atoms with Gasteiger partial charge >= 0.3 is 0 Å². The molecule has 1 spiro atoms. The molecule has 7 heteroatoms. The molecule has 2 aliphatic rings. The molecule has 4 heterocycles. The number of nitrogens with one attached hydrogen (secondary N) is 1. The van der Waals surface area contributed by atoms with E-state index in [1.807, 2.05) is 24.3 Å². The van der Waals surface area contributed by atoms with Crippen LogP contribution >= 0.6 is 11.6 Å². The van der Waals surface area contributed by atoms with Gasteiger partial charge in [-0.3, -0.25) is 4.90 Å². The highest BCUT2D eigenvalue weighted by atomic mass is 35.5. The van der Waals surface area contributed by atoms with Gasteiger partial charge in [0.2, 0.25) is 0 Å². The number of likely N-dealkylation sites (tertiary alicyclic amines) is 1. The van der Waals surface area contributed by atoms with Gasteiger partial charge in [0.1, 0.15) is 23.3 Å². The lowest BCUT2D eigenvalue weighted by atomic mass is 9.78. The number of pyridine rings is 2. The molecule has 1 N–H and O–H groups in total. The van der Waals surface area contributed by atoms with E-state index in [9.17, 15) is 0 Å². The molecule has 1 aromatic carbocycles. The quantitative estimate of drug-likeness (QED) is 0.640. The first-order chi connectivity index (χ1) is 13.7. The molecule has 0 unspecified atom stereocenters. The van der Waals surface area contributed by atoms with Crippen molar-refractivity contribution in [3.8, 4) is 5.75 Å². The van der Waals surface area contributed by atoms with Crippen LogP contribution in [0.5, 0.6) is 5.75 Å². The zero-order valence-corrected chi connectivity index (χ0v) is 16.2. The summed E-state index contributed by atoms with van der Waals surface area (Å²) in [6.07, 6.45) is 3.48. The number of rotatable bonds is 6. The van der Waals surface area contributed by atoms with Gasteiger partial charge in [0.05, 0.1) is 25.1 Å². The topological polar surface area (TPSA) is 59.5 Å². The molecular weight excluding hydrogens is 376 g/mol. The van der Waals surface area contributed by atoms with Gasteiger partial charge in [0.25, 0.3) is 0 Å². The summed E-state index contributed by atoms with van der Waals surface area (Å²) >= 11 is 5.85. The normalized spacial score (nSPS) is 17.9. The van der Waals surface area contributed by atoms with Crippen LogP contribution < -0.4 is 10.1 Å². The lowest BCUT2D eigenvalue weighted by molar-refractivity contribution is -0.189. The van der Waals surface area contributed by atoms with Crippen molar-refractivity contribution in [3.05, 3.63) is 53.9 Å². The summed E-state index contributed by atoms with van der Waals surface area (Å²) in [5.74, 6) is 1.65. The van der Waals surface area contributed by atoms with Gasteiger partial charge in [0, 0.05) is 36.6 Å². The van der Waals surface area contributed by atoms with E-state index >= 15 is 0 Å². The number of benzene rings is 1. The van der Waals surface area contributed by atoms with Crippen LogP contribution in [0.25, 0.3) is 10.8 Å². The first kappa shape index (κ1) is 17.7. The van der Waals surface area contributed by atoms with Crippen molar-refractivity contribution in [2.75, 3.05) is 44.8 Å². The van der Waals surface area contributed by atoms with Crippen molar-refractivity contribution in [3.63, 3.8) is 0 Å². The van der Waals surface area contributed by atoms with E-state index in [1.165, 1.54) is 0 Å². The SMILES string of the molecule is Clc1ccc(Nc2nccc3cc(OCCN4CC5(COC5)C4)ccc23)cn1. The molecule has 0 radical (unpaired) electrons. The van der Waals surface area contributed by atoms with Gasteiger partial charge in [-0.05, 0) is 41.8 Å². The molecule has 5 rings (SSSR count). The van der Waals surface area contributed by atoms with Crippen molar-refractivity contribution in [2.45, 2.75) is 0 Å². The van der Waals surface area contributed by atoms with Crippen LogP contribution in [0.1, 0.15) is 0 Å². The van der Waals surface area contributed by atoms with Crippen molar-refractivity contribution < 1.29 is 9.47 Å². The molecule has 6 nitrogen and oxygen atoms in total. The van der Waals surface area contributed by atoms with Crippen molar-refractivity contribution in [1.82, 2.24) is 14.9 Å². The maximum atomic E-state index is 5.97. The second-order valence-corrected chi connectivity index (χ2v) is 7.98. The Labute approximate surface area is 168 Å².